The summed E-state index contributed by atoms with van der Waals surface area (Å²) >= 11 is 0. The molecule has 1 aliphatic rings. The molecular weight excluding hydrogens is 176 g/mol. The molecule has 5 heteroatoms. The van der Waals surface area contributed by atoms with Crippen molar-refractivity contribution in [3.8, 4) is 0 Å². The van der Waals surface area contributed by atoms with Crippen LogP contribution >= 0.6 is 0 Å². The summed E-state index contributed by atoms with van der Waals surface area (Å²) in [7, 11) is 0. The summed E-state index contributed by atoms with van der Waals surface area (Å²) in [5.41, 5.74) is 0. The van der Waals surface area contributed by atoms with Crippen molar-refractivity contribution >= 4 is 0 Å². The SMILES string of the molecule is CC(C)(O)OC1CC(CO)OC1O. The Hall–Kier alpha value is -0.200. The molecule has 3 atom stereocenters. The van der Waals surface area contributed by atoms with Crippen molar-refractivity contribution in [2.75, 3.05) is 6.61 Å². The van der Waals surface area contributed by atoms with Crippen molar-refractivity contribution in [1.29, 1.82) is 0 Å². The van der Waals surface area contributed by atoms with Gasteiger partial charge in [-0.3, -0.25) is 0 Å². The van der Waals surface area contributed by atoms with Crippen LogP contribution in [-0.2, 0) is 9.47 Å². The van der Waals surface area contributed by atoms with Crippen molar-refractivity contribution in [2.24, 2.45) is 0 Å². The molecule has 3 N–H and O–H groups in total. The molecule has 78 valence electrons. The molecule has 5 nitrogen and oxygen atoms in total. The number of rotatable bonds is 3. The summed E-state index contributed by atoms with van der Waals surface area (Å²) in [6, 6.07) is 0. The molecule has 1 fully saturated rings. The highest BCUT2D eigenvalue weighted by Crippen LogP contribution is 2.24. The molecule has 0 saturated carbocycles. The average molecular weight is 192 g/mol. The summed E-state index contributed by atoms with van der Waals surface area (Å²) in [5.74, 6) is -1.29. The molecule has 0 aromatic rings. The van der Waals surface area contributed by atoms with Gasteiger partial charge in [-0.15, -0.1) is 0 Å². The van der Waals surface area contributed by atoms with Gasteiger partial charge in [0.1, 0.15) is 6.10 Å². The number of hydrogen-bond donors (Lipinski definition) is 3. The third-order valence-electron chi connectivity index (χ3n) is 1.79. The molecule has 1 rings (SSSR count). The van der Waals surface area contributed by atoms with E-state index in [0.717, 1.165) is 0 Å². The van der Waals surface area contributed by atoms with Gasteiger partial charge in [-0.1, -0.05) is 0 Å². The van der Waals surface area contributed by atoms with Gasteiger partial charge in [0.2, 0.25) is 0 Å². The van der Waals surface area contributed by atoms with Crippen LogP contribution in [0.5, 0.6) is 0 Å². The number of aliphatic hydroxyl groups excluding tert-OH is 2. The van der Waals surface area contributed by atoms with E-state index in [9.17, 15) is 10.2 Å². The largest absolute Gasteiger partial charge is 0.394 e. The molecule has 0 spiro atoms. The van der Waals surface area contributed by atoms with Gasteiger partial charge in [0.25, 0.3) is 0 Å². The lowest BCUT2D eigenvalue weighted by Gasteiger charge is -2.24. The summed E-state index contributed by atoms with van der Waals surface area (Å²) in [4.78, 5) is 0. The Balaban J connectivity index is 2.44. The Morgan fingerprint density at radius 2 is 2.15 bits per heavy atom. The van der Waals surface area contributed by atoms with Gasteiger partial charge < -0.3 is 24.8 Å². The van der Waals surface area contributed by atoms with Crippen molar-refractivity contribution in [1.82, 2.24) is 0 Å². The van der Waals surface area contributed by atoms with E-state index in [-0.39, 0.29) is 6.61 Å². The minimum atomic E-state index is -1.29. The monoisotopic (exact) mass is 192 g/mol. The zero-order chi connectivity index (χ0) is 10.1. The van der Waals surface area contributed by atoms with E-state index >= 15 is 0 Å². The quantitative estimate of drug-likeness (QED) is 0.510. The highest BCUT2D eigenvalue weighted by atomic mass is 16.7. The second kappa shape index (κ2) is 3.89. The molecule has 0 bridgehead atoms. The Labute approximate surface area is 76.9 Å². The topological polar surface area (TPSA) is 79.2 Å². The maximum Gasteiger partial charge on any atom is 0.181 e. The third kappa shape index (κ3) is 3.21. The lowest BCUT2D eigenvalue weighted by molar-refractivity contribution is -0.242. The van der Waals surface area contributed by atoms with E-state index in [1.165, 1.54) is 13.8 Å². The van der Waals surface area contributed by atoms with Crippen LogP contribution in [0.3, 0.4) is 0 Å². The Kier molecular flexibility index (Phi) is 3.26. The first-order valence-corrected chi connectivity index (χ1v) is 4.27. The zero-order valence-electron chi connectivity index (χ0n) is 7.80. The summed E-state index contributed by atoms with van der Waals surface area (Å²) in [6.45, 7) is 2.81. The molecule has 3 unspecified atom stereocenters. The van der Waals surface area contributed by atoms with E-state index in [4.69, 9.17) is 14.6 Å². The Morgan fingerprint density at radius 3 is 2.54 bits per heavy atom. The first kappa shape index (κ1) is 10.9. The molecule has 0 aromatic heterocycles. The van der Waals surface area contributed by atoms with Crippen LogP contribution in [-0.4, -0.2) is 46.2 Å². The van der Waals surface area contributed by atoms with Crippen molar-refractivity contribution in [3.63, 3.8) is 0 Å². The maximum absolute atomic E-state index is 9.30. The number of hydrogen-bond acceptors (Lipinski definition) is 5. The smallest absolute Gasteiger partial charge is 0.181 e. The van der Waals surface area contributed by atoms with Crippen LogP contribution in [0.15, 0.2) is 0 Å². The first-order chi connectivity index (χ1) is 5.92. The molecule has 1 heterocycles. The zero-order valence-corrected chi connectivity index (χ0v) is 7.80. The molecule has 13 heavy (non-hydrogen) atoms. The highest BCUT2D eigenvalue weighted by Gasteiger charge is 2.37. The van der Waals surface area contributed by atoms with Gasteiger partial charge in [-0.25, -0.2) is 0 Å². The number of ether oxygens (including phenoxy) is 2. The van der Waals surface area contributed by atoms with Crippen molar-refractivity contribution < 1.29 is 24.8 Å². The molecule has 1 saturated heterocycles. The van der Waals surface area contributed by atoms with Gasteiger partial charge in [-0.2, -0.15) is 0 Å². The van der Waals surface area contributed by atoms with E-state index in [1.807, 2.05) is 0 Å². The second-order valence-corrected chi connectivity index (χ2v) is 3.67. The van der Waals surface area contributed by atoms with Gasteiger partial charge >= 0.3 is 0 Å². The van der Waals surface area contributed by atoms with Crippen molar-refractivity contribution in [3.05, 3.63) is 0 Å². The summed E-state index contributed by atoms with van der Waals surface area (Å²) in [5, 5.41) is 27.3. The normalized spacial score (nSPS) is 35.3. The van der Waals surface area contributed by atoms with Gasteiger partial charge in [0, 0.05) is 6.42 Å². The minimum absolute atomic E-state index is 0.150. The fourth-order valence-corrected chi connectivity index (χ4v) is 1.31. The molecule has 1 aliphatic heterocycles. The van der Waals surface area contributed by atoms with Crippen molar-refractivity contribution in [2.45, 2.75) is 44.6 Å². The molecule has 0 aliphatic carbocycles. The standard InChI is InChI=1S/C8H16O5/c1-8(2,11)13-6-3-5(4-9)12-7(6)10/h5-7,9-11H,3-4H2,1-2H3. The first-order valence-electron chi connectivity index (χ1n) is 4.27. The van der Waals surface area contributed by atoms with Crippen LogP contribution in [0.25, 0.3) is 0 Å². The molecular formula is C8H16O5. The maximum atomic E-state index is 9.30. The van der Waals surface area contributed by atoms with E-state index in [0.29, 0.717) is 6.42 Å². The summed E-state index contributed by atoms with van der Waals surface area (Å²) in [6.07, 6.45) is -1.65. The third-order valence-corrected chi connectivity index (χ3v) is 1.79. The molecule has 0 aromatic carbocycles. The average Bonchev–Trinajstić information content (AvgIpc) is 2.29. The Bertz CT molecular complexity index is 164. The summed E-state index contributed by atoms with van der Waals surface area (Å²) < 4.78 is 10.1. The molecule has 0 radical (unpaired) electrons. The fourth-order valence-electron chi connectivity index (χ4n) is 1.31. The fraction of sp³-hybridized carbons (Fsp3) is 1.00. The number of aliphatic hydroxyl groups is 3. The second-order valence-electron chi connectivity index (χ2n) is 3.67. The van der Waals surface area contributed by atoms with Crippen LogP contribution < -0.4 is 0 Å². The highest BCUT2D eigenvalue weighted by molar-refractivity contribution is 4.77. The van der Waals surface area contributed by atoms with Crippen LogP contribution in [0.4, 0.5) is 0 Å². The van der Waals surface area contributed by atoms with Crippen LogP contribution in [0, 0.1) is 0 Å². The van der Waals surface area contributed by atoms with Gasteiger partial charge in [-0.05, 0) is 13.8 Å². The van der Waals surface area contributed by atoms with E-state index < -0.39 is 24.3 Å². The predicted molar refractivity (Wildman–Crippen MR) is 43.8 cm³/mol. The van der Waals surface area contributed by atoms with E-state index in [2.05, 4.69) is 0 Å². The predicted octanol–water partition coefficient (Wildman–Crippen LogP) is -0.800. The minimum Gasteiger partial charge on any atom is -0.394 e. The Morgan fingerprint density at radius 1 is 1.54 bits per heavy atom. The lowest BCUT2D eigenvalue weighted by atomic mass is 10.2. The lowest BCUT2D eigenvalue weighted by Crippen LogP contribution is -2.34. The van der Waals surface area contributed by atoms with E-state index in [1.54, 1.807) is 0 Å². The van der Waals surface area contributed by atoms with Gasteiger partial charge in [0.15, 0.2) is 12.1 Å². The molecule has 0 amide bonds. The van der Waals surface area contributed by atoms with Crippen LogP contribution in [0.2, 0.25) is 0 Å². The van der Waals surface area contributed by atoms with Crippen LogP contribution in [0.1, 0.15) is 20.3 Å². The van der Waals surface area contributed by atoms with Gasteiger partial charge in [0.05, 0.1) is 12.7 Å².